The summed E-state index contributed by atoms with van der Waals surface area (Å²) in [5.41, 5.74) is 2.29. The summed E-state index contributed by atoms with van der Waals surface area (Å²) >= 11 is 0. The molecule has 3 saturated heterocycles. The Labute approximate surface area is 139 Å². The van der Waals surface area contributed by atoms with Gasteiger partial charge in [-0.25, -0.2) is 10.3 Å². The number of urea groups is 1. The smallest absolute Gasteiger partial charge is 0.345 e. The van der Waals surface area contributed by atoms with Crippen LogP contribution in [0.2, 0.25) is 0 Å². The third-order valence-corrected chi connectivity index (χ3v) is 4.55. The van der Waals surface area contributed by atoms with Gasteiger partial charge in [0, 0.05) is 19.6 Å². The monoisotopic (exact) mass is 342 g/mol. The van der Waals surface area contributed by atoms with Crippen molar-refractivity contribution in [1.82, 2.24) is 20.3 Å². The van der Waals surface area contributed by atoms with E-state index < -0.39 is 11.9 Å². The van der Waals surface area contributed by atoms with Gasteiger partial charge in [-0.2, -0.15) is 5.06 Å². The van der Waals surface area contributed by atoms with Crippen molar-refractivity contribution in [2.45, 2.75) is 24.9 Å². The van der Waals surface area contributed by atoms with Crippen molar-refractivity contribution in [3.63, 3.8) is 0 Å². The van der Waals surface area contributed by atoms with Crippen LogP contribution in [0.4, 0.5) is 4.79 Å². The number of amides is 4. The van der Waals surface area contributed by atoms with E-state index in [1.807, 2.05) is 0 Å². The Morgan fingerprint density at radius 1 is 1.29 bits per heavy atom. The van der Waals surface area contributed by atoms with E-state index in [0.29, 0.717) is 45.7 Å². The van der Waals surface area contributed by atoms with E-state index in [1.165, 1.54) is 17.1 Å². The number of carbonyl (C=O) groups excluding carboxylic acids is 3. The third-order valence-electron chi connectivity index (χ3n) is 4.55. The molecule has 0 saturated carbocycles. The molecule has 0 unspecified atom stereocenters. The zero-order valence-electron chi connectivity index (χ0n) is 13.6. The number of morpholine rings is 1. The van der Waals surface area contributed by atoms with Gasteiger partial charge in [0.1, 0.15) is 6.04 Å². The van der Waals surface area contributed by atoms with Gasteiger partial charge in [0.2, 0.25) is 0 Å². The molecule has 4 amide bonds. The Bertz CT molecular complexity index is 509. The molecule has 1 N–H and O–H groups in total. The zero-order valence-corrected chi connectivity index (χ0v) is 13.6. The molecule has 3 fully saturated rings. The molecule has 0 aromatic carbocycles. The van der Waals surface area contributed by atoms with E-state index >= 15 is 0 Å². The first-order valence-corrected chi connectivity index (χ1v) is 8.03. The third kappa shape index (κ3) is 3.30. The average Bonchev–Trinajstić information content (AvgIpc) is 2.85. The first-order chi connectivity index (χ1) is 11.6. The fourth-order valence-corrected chi connectivity index (χ4v) is 3.28. The van der Waals surface area contributed by atoms with Gasteiger partial charge in [-0.15, -0.1) is 0 Å². The highest BCUT2D eigenvalue weighted by Crippen LogP contribution is 2.29. The Balaban J connectivity index is 1.45. The lowest BCUT2D eigenvalue weighted by molar-refractivity contribution is -0.149. The second kappa shape index (κ2) is 7.32. The van der Waals surface area contributed by atoms with Crippen LogP contribution < -0.4 is 5.48 Å². The van der Waals surface area contributed by atoms with Crippen LogP contribution >= 0.6 is 0 Å². The van der Waals surface area contributed by atoms with Crippen LogP contribution in [0.25, 0.3) is 0 Å². The molecule has 10 heteroatoms. The van der Waals surface area contributed by atoms with Crippen LogP contribution in [-0.4, -0.2) is 91.4 Å². The van der Waals surface area contributed by atoms with Crippen molar-refractivity contribution in [3.8, 4) is 0 Å². The SMILES string of the molecule is CON1C(=O)N2C[C@H]1CC[C@H]2C(=O)NOCC(=O)N1CCOCC1. The Kier molecular flexibility index (Phi) is 5.17. The number of nitrogens with zero attached hydrogens (tertiary/aromatic N) is 3. The standard InChI is InChI=1S/C14H22N4O6/c1-22-18-10-2-3-11(17(8-10)14(18)21)13(20)15-24-9-12(19)16-4-6-23-7-5-16/h10-11H,2-9H2,1H3,(H,15,20)/t10-,11+/m1/s1. The normalized spacial score (nSPS) is 26.7. The quantitative estimate of drug-likeness (QED) is 0.625. The molecule has 0 radical (unpaired) electrons. The van der Waals surface area contributed by atoms with Crippen molar-refractivity contribution in [2.75, 3.05) is 46.6 Å². The van der Waals surface area contributed by atoms with Gasteiger partial charge >= 0.3 is 6.03 Å². The fourth-order valence-electron chi connectivity index (χ4n) is 3.28. The number of fused-ring (bicyclic) bond motifs is 2. The van der Waals surface area contributed by atoms with E-state index in [1.54, 1.807) is 4.90 Å². The number of carbonyl (C=O) groups is 3. The molecule has 0 aliphatic carbocycles. The van der Waals surface area contributed by atoms with Crippen LogP contribution in [0.1, 0.15) is 12.8 Å². The Morgan fingerprint density at radius 2 is 2.04 bits per heavy atom. The van der Waals surface area contributed by atoms with Gasteiger partial charge in [0.15, 0.2) is 6.61 Å². The van der Waals surface area contributed by atoms with Crippen molar-refractivity contribution in [2.24, 2.45) is 0 Å². The Hall–Kier alpha value is -1.91. The molecule has 134 valence electrons. The van der Waals surface area contributed by atoms with E-state index in [2.05, 4.69) is 5.48 Å². The van der Waals surface area contributed by atoms with Gasteiger partial charge in [-0.1, -0.05) is 0 Å². The van der Waals surface area contributed by atoms with Crippen LogP contribution in [-0.2, 0) is 24.0 Å². The minimum Gasteiger partial charge on any atom is -0.378 e. The lowest BCUT2D eigenvalue weighted by Crippen LogP contribution is -2.50. The molecule has 3 aliphatic heterocycles. The molecule has 3 rings (SSSR count). The second-order valence-corrected chi connectivity index (χ2v) is 5.94. The van der Waals surface area contributed by atoms with Crippen molar-refractivity contribution in [3.05, 3.63) is 0 Å². The topological polar surface area (TPSA) is 101 Å². The summed E-state index contributed by atoms with van der Waals surface area (Å²) in [6, 6.07) is -0.938. The number of rotatable bonds is 5. The van der Waals surface area contributed by atoms with Crippen molar-refractivity contribution in [1.29, 1.82) is 0 Å². The minimum atomic E-state index is -0.604. The summed E-state index contributed by atoms with van der Waals surface area (Å²) < 4.78 is 5.17. The average molecular weight is 342 g/mol. The highest BCUT2D eigenvalue weighted by Gasteiger charge is 2.47. The van der Waals surface area contributed by atoms with E-state index in [4.69, 9.17) is 14.4 Å². The number of hydrogen-bond donors (Lipinski definition) is 1. The first kappa shape index (κ1) is 16.9. The van der Waals surface area contributed by atoms with Gasteiger partial charge in [0.05, 0.1) is 26.4 Å². The molecule has 3 aliphatic rings. The van der Waals surface area contributed by atoms with E-state index in [9.17, 15) is 14.4 Å². The first-order valence-electron chi connectivity index (χ1n) is 8.03. The molecule has 2 atom stereocenters. The fraction of sp³-hybridized carbons (Fsp3) is 0.786. The maximum atomic E-state index is 12.3. The molecular weight excluding hydrogens is 320 g/mol. The maximum absolute atomic E-state index is 12.3. The number of hydrogen-bond acceptors (Lipinski definition) is 6. The lowest BCUT2D eigenvalue weighted by atomic mass is 10.0. The van der Waals surface area contributed by atoms with Gasteiger partial charge < -0.3 is 14.5 Å². The summed E-state index contributed by atoms with van der Waals surface area (Å²) in [5.74, 6) is -0.625. The molecular formula is C14H22N4O6. The van der Waals surface area contributed by atoms with Gasteiger partial charge in [-0.3, -0.25) is 19.3 Å². The summed E-state index contributed by atoms with van der Waals surface area (Å²) in [4.78, 5) is 49.5. The van der Waals surface area contributed by atoms with Crippen LogP contribution in [0, 0.1) is 0 Å². The largest absolute Gasteiger partial charge is 0.378 e. The van der Waals surface area contributed by atoms with Gasteiger partial charge in [-0.05, 0) is 12.8 Å². The second-order valence-electron chi connectivity index (χ2n) is 5.94. The van der Waals surface area contributed by atoms with E-state index in [-0.39, 0.29) is 24.6 Å². The van der Waals surface area contributed by atoms with E-state index in [0.717, 1.165) is 0 Å². The highest BCUT2D eigenvalue weighted by atomic mass is 16.7. The molecule has 24 heavy (non-hydrogen) atoms. The molecule has 3 heterocycles. The molecule has 0 spiro atoms. The van der Waals surface area contributed by atoms with Crippen molar-refractivity contribution < 1.29 is 28.8 Å². The number of piperidine rings is 1. The number of hydroxylamine groups is 3. The predicted molar refractivity (Wildman–Crippen MR) is 79.3 cm³/mol. The number of nitrogens with one attached hydrogen (secondary N) is 1. The van der Waals surface area contributed by atoms with Crippen molar-refractivity contribution >= 4 is 17.8 Å². The minimum absolute atomic E-state index is 0.0182. The zero-order chi connectivity index (χ0) is 17.1. The Morgan fingerprint density at radius 3 is 2.75 bits per heavy atom. The maximum Gasteiger partial charge on any atom is 0.345 e. The molecule has 0 aromatic rings. The van der Waals surface area contributed by atoms with Gasteiger partial charge in [0.25, 0.3) is 11.8 Å². The van der Waals surface area contributed by atoms with Crippen LogP contribution in [0.15, 0.2) is 0 Å². The molecule has 10 nitrogen and oxygen atoms in total. The van der Waals surface area contributed by atoms with Crippen LogP contribution in [0.5, 0.6) is 0 Å². The summed E-state index contributed by atoms with van der Waals surface area (Å²) in [5, 5.41) is 1.30. The number of ether oxygens (including phenoxy) is 1. The van der Waals surface area contributed by atoms with Crippen LogP contribution in [0.3, 0.4) is 0 Å². The molecule has 0 aromatic heterocycles. The summed E-state index contributed by atoms with van der Waals surface area (Å²) in [6.45, 7) is 2.28. The lowest BCUT2D eigenvalue weighted by Gasteiger charge is -2.29. The molecule has 2 bridgehead atoms. The highest BCUT2D eigenvalue weighted by molar-refractivity contribution is 5.88. The summed E-state index contributed by atoms with van der Waals surface area (Å²) in [7, 11) is 1.44. The predicted octanol–water partition coefficient (Wildman–Crippen LogP) is -1.28. The summed E-state index contributed by atoms with van der Waals surface area (Å²) in [6.07, 6.45) is 1.21.